The van der Waals surface area contributed by atoms with E-state index in [9.17, 15) is 4.79 Å². The lowest BCUT2D eigenvalue weighted by Crippen LogP contribution is -2.24. The maximum absolute atomic E-state index is 10.3. The highest BCUT2D eigenvalue weighted by atomic mass is 16.3. The van der Waals surface area contributed by atoms with Crippen LogP contribution in [0.2, 0.25) is 0 Å². The van der Waals surface area contributed by atoms with Crippen LogP contribution in [0.1, 0.15) is 18.9 Å². The molecule has 86 valence electrons. The predicted molar refractivity (Wildman–Crippen MR) is 62.0 cm³/mol. The van der Waals surface area contributed by atoms with Crippen molar-refractivity contribution in [1.29, 1.82) is 0 Å². The molecule has 0 aromatic carbocycles. The molecule has 5 heteroatoms. The number of aryl methyl sites for hydroxylation is 1. The lowest BCUT2D eigenvalue weighted by molar-refractivity contribution is 0.249. The predicted octanol–water partition coefficient (Wildman–Crippen LogP) is 1.81. The van der Waals surface area contributed by atoms with E-state index in [0.717, 1.165) is 24.0 Å². The molecule has 3 N–H and O–H groups in total. The number of urea groups is 1. The largest absolute Gasteiger partial charge is 0.472 e. The highest BCUT2D eigenvalue weighted by Gasteiger charge is 1.92. The van der Waals surface area contributed by atoms with E-state index in [1.54, 1.807) is 18.7 Å². The minimum Gasteiger partial charge on any atom is -0.472 e. The molecule has 5 nitrogen and oxygen atoms in total. The van der Waals surface area contributed by atoms with Crippen LogP contribution in [0.25, 0.3) is 0 Å². The number of primary amides is 1. The third-order valence-corrected chi connectivity index (χ3v) is 1.92. The molecule has 0 atom stereocenters. The van der Waals surface area contributed by atoms with Gasteiger partial charge in [-0.25, -0.2) is 10.2 Å². The van der Waals surface area contributed by atoms with Gasteiger partial charge in [0.15, 0.2) is 0 Å². The van der Waals surface area contributed by atoms with Crippen molar-refractivity contribution in [2.45, 2.75) is 19.8 Å². The van der Waals surface area contributed by atoms with Crippen molar-refractivity contribution >= 4 is 12.2 Å². The van der Waals surface area contributed by atoms with Gasteiger partial charge in [-0.3, -0.25) is 0 Å². The number of carbonyl (C=O) groups excluding carboxylic acids is 1. The molecule has 0 unspecified atom stereocenters. The summed E-state index contributed by atoms with van der Waals surface area (Å²) in [6, 6.07) is 1.27. The summed E-state index contributed by atoms with van der Waals surface area (Å²) in [4.78, 5) is 10.3. The molecule has 1 aromatic rings. The molecule has 16 heavy (non-hydrogen) atoms. The first-order valence-electron chi connectivity index (χ1n) is 4.95. The van der Waals surface area contributed by atoms with E-state index < -0.39 is 6.03 Å². The molecule has 0 saturated carbocycles. The van der Waals surface area contributed by atoms with Crippen LogP contribution < -0.4 is 11.2 Å². The number of rotatable bonds is 5. The van der Waals surface area contributed by atoms with E-state index in [2.05, 4.69) is 10.5 Å². The molecule has 2 amide bonds. The Kier molecular flexibility index (Phi) is 4.85. The Labute approximate surface area is 94.0 Å². The first-order valence-corrected chi connectivity index (χ1v) is 4.95. The summed E-state index contributed by atoms with van der Waals surface area (Å²) in [5.74, 6) is 0. The van der Waals surface area contributed by atoms with Crippen LogP contribution in [0, 0.1) is 0 Å². The standard InChI is InChI=1S/C11H15N3O2/c1-9(7-13-14-11(12)15)3-2-4-10-5-6-16-8-10/h3,5-8H,2,4H2,1H3,(H3,12,14,15). The van der Waals surface area contributed by atoms with Crippen LogP contribution in [0.5, 0.6) is 0 Å². The van der Waals surface area contributed by atoms with Crippen LogP contribution in [-0.2, 0) is 6.42 Å². The Morgan fingerprint density at radius 2 is 2.50 bits per heavy atom. The van der Waals surface area contributed by atoms with Gasteiger partial charge in [-0.05, 0) is 37.0 Å². The van der Waals surface area contributed by atoms with Crippen LogP contribution in [0.4, 0.5) is 4.79 Å². The van der Waals surface area contributed by atoms with Gasteiger partial charge in [0.05, 0.1) is 12.5 Å². The fourth-order valence-corrected chi connectivity index (χ4v) is 1.15. The maximum atomic E-state index is 10.3. The summed E-state index contributed by atoms with van der Waals surface area (Å²) < 4.78 is 4.95. The van der Waals surface area contributed by atoms with E-state index in [1.165, 1.54) is 0 Å². The number of amides is 2. The number of hydrogen-bond donors (Lipinski definition) is 2. The molecular weight excluding hydrogens is 206 g/mol. The Hall–Kier alpha value is -2.04. The SMILES string of the molecule is CC(C=NNC(N)=O)=CCCc1ccoc1. The number of carbonyl (C=O) groups is 1. The van der Waals surface area contributed by atoms with E-state index in [0.29, 0.717) is 0 Å². The molecule has 1 rings (SSSR count). The fourth-order valence-electron chi connectivity index (χ4n) is 1.15. The fraction of sp³-hybridized carbons (Fsp3) is 0.273. The zero-order chi connectivity index (χ0) is 11.8. The summed E-state index contributed by atoms with van der Waals surface area (Å²) >= 11 is 0. The second-order valence-electron chi connectivity index (χ2n) is 3.35. The van der Waals surface area contributed by atoms with E-state index in [-0.39, 0.29) is 0 Å². The van der Waals surface area contributed by atoms with Crippen molar-refractivity contribution in [3.63, 3.8) is 0 Å². The Morgan fingerprint density at radius 3 is 3.12 bits per heavy atom. The van der Waals surface area contributed by atoms with Gasteiger partial charge in [-0.1, -0.05) is 6.08 Å². The third-order valence-electron chi connectivity index (χ3n) is 1.92. The normalized spacial score (nSPS) is 11.9. The van der Waals surface area contributed by atoms with E-state index >= 15 is 0 Å². The molecule has 0 spiro atoms. The number of nitrogens with two attached hydrogens (primary N) is 1. The minimum absolute atomic E-state index is 0.664. The molecule has 0 fully saturated rings. The van der Waals surface area contributed by atoms with Crippen LogP contribution >= 0.6 is 0 Å². The van der Waals surface area contributed by atoms with Crippen LogP contribution in [0.3, 0.4) is 0 Å². The van der Waals surface area contributed by atoms with Gasteiger partial charge < -0.3 is 10.2 Å². The topological polar surface area (TPSA) is 80.6 Å². The second kappa shape index (κ2) is 6.44. The van der Waals surface area contributed by atoms with E-state index in [4.69, 9.17) is 10.2 Å². The van der Waals surface area contributed by atoms with E-state index in [1.807, 2.05) is 19.1 Å². The number of hydrazone groups is 1. The van der Waals surface area contributed by atoms with Crippen molar-refractivity contribution < 1.29 is 9.21 Å². The lowest BCUT2D eigenvalue weighted by atomic mass is 10.1. The summed E-state index contributed by atoms with van der Waals surface area (Å²) in [5.41, 5.74) is 9.12. The maximum Gasteiger partial charge on any atom is 0.332 e. The average molecular weight is 221 g/mol. The molecule has 0 aliphatic heterocycles. The number of furan rings is 1. The Balaban J connectivity index is 2.28. The number of hydrogen-bond acceptors (Lipinski definition) is 3. The van der Waals surface area contributed by atoms with Crippen molar-refractivity contribution in [3.05, 3.63) is 35.8 Å². The first kappa shape index (κ1) is 12.0. The van der Waals surface area contributed by atoms with Crippen molar-refractivity contribution in [1.82, 2.24) is 5.43 Å². The minimum atomic E-state index is -0.664. The second-order valence-corrected chi connectivity index (χ2v) is 3.35. The van der Waals surface area contributed by atoms with Crippen LogP contribution in [0.15, 0.2) is 39.8 Å². The zero-order valence-corrected chi connectivity index (χ0v) is 9.14. The average Bonchev–Trinajstić information content (AvgIpc) is 2.70. The highest BCUT2D eigenvalue weighted by molar-refractivity contribution is 5.79. The quantitative estimate of drug-likeness (QED) is 0.587. The van der Waals surface area contributed by atoms with Crippen molar-refractivity contribution in [2.24, 2.45) is 10.8 Å². The van der Waals surface area contributed by atoms with Crippen molar-refractivity contribution in [2.75, 3.05) is 0 Å². The molecule has 0 aliphatic rings. The molecule has 0 aliphatic carbocycles. The Morgan fingerprint density at radius 1 is 1.69 bits per heavy atom. The van der Waals surface area contributed by atoms with Gasteiger partial charge in [-0.15, -0.1) is 0 Å². The van der Waals surface area contributed by atoms with Crippen molar-refractivity contribution in [3.8, 4) is 0 Å². The molecule has 0 radical (unpaired) electrons. The number of allylic oxidation sites excluding steroid dienone is 2. The number of nitrogens with one attached hydrogen (secondary N) is 1. The Bertz CT molecular complexity index is 380. The molecule has 0 bridgehead atoms. The third kappa shape index (κ3) is 4.99. The summed E-state index contributed by atoms with van der Waals surface area (Å²) in [6.07, 6.45) is 8.79. The summed E-state index contributed by atoms with van der Waals surface area (Å²) in [7, 11) is 0. The first-order chi connectivity index (χ1) is 7.68. The van der Waals surface area contributed by atoms with Gasteiger partial charge in [0.2, 0.25) is 0 Å². The molecule has 1 aromatic heterocycles. The molecular formula is C11H15N3O2. The van der Waals surface area contributed by atoms with Gasteiger partial charge >= 0.3 is 6.03 Å². The van der Waals surface area contributed by atoms with Gasteiger partial charge in [-0.2, -0.15) is 5.10 Å². The van der Waals surface area contributed by atoms with Crippen LogP contribution in [-0.4, -0.2) is 12.2 Å². The monoisotopic (exact) mass is 221 g/mol. The molecule has 0 saturated heterocycles. The summed E-state index contributed by atoms with van der Waals surface area (Å²) in [6.45, 7) is 1.90. The number of nitrogens with zero attached hydrogens (tertiary/aromatic N) is 1. The zero-order valence-electron chi connectivity index (χ0n) is 9.14. The lowest BCUT2D eigenvalue weighted by Gasteiger charge is -1.94. The summed E-state index contributed by atoms with van der Waals surface area (Å²) in [5, 5.41) is 3.65. The highest BCUT2D eigenvalue weighted by Crippen LogP contribution is 2.04. The van der Waals surface area contributed by atoms with Gasteiger partial charge in [0, 0.05) is 6.21 Å². The van der Waals surface area contributed by atoms with Gasteiger partial charge in [0.25, 0.3) is 0 Å². The smallest absolute Gasteiger partial charge is 0.332 e. The van der Waals surface area contributed by atoms with Gasteiger partial charge in [0.1, 0.15) is 0 Å². The molecule has 1 heterocycles.